The van der Waals surface area contributed by atoms with Crippen LogP contribution in [0.2, 0.25) is 0 Å². The molecule has 5 nitrogen and oxygen atoms in total. The van der Waals surface area contributed by atoms with E-state index >= 15 is 0 Å². The fraction of sp³-hybridized carbons (Fsp3) is 0.857. The second kappa shape index (κ2) is 10.8. The molecule has 0 bridgehead atoms. The van der Waals surface area contributed by atoms with Crippen LogP contribution in [0.5, 0.6) is 0 Å². The van der Waals surface area contributed by atoms with Gasteiger partial charge in [0.2, 0.25) is 11.8 Å². The second-order valence-electron chi connectivity index (χ2n) is 5.21. The van der Waals surface area contributed by atoms with Gasteiger partial charge in [0.25, 0.3) is 0 Å². The third-order valence-electron chi connectivity index (χ3n) is 3.06. The molecule has 19 heavy (non-hydrogen) atoms. The fourth-order valence-electron chi connectivity index (χ4n) is 1.92. The van der Waals surface area contributed by atoms with Gasteiger partial charge in [-0.2, -0.15) is 0 Å². The molecular formula is C14H29N3O2. The molecule has 0 spiro atoms. The van der Waals surface area contributed by atoms with Crippen molar-refractivity contribution in [3.05, 3.63) is 0 Å². The van der Waals surface area contributed by atoms with Crippen LogP contribution in [-0.2, 0) is 9.59 Å². The number of carbonyl (C=O) groups excluding carboxylic acids is 2. The molecule has 0 aliphatic rings. The number of hydrogen-bond donors (Lipinski definition) is 3. The van der Waals surface area contributed by atoms with Crippen LogP contribution >= 0.6 is 0 Å². The Kier molecular flexibility index (Phi) is 10.2. The minimum Gasteiger partial charge on any atom is -0.356 e. The summed E-state index contributed by atoms with van der Waals surface area (Å²) in [4.78, 5) is 23.0. The van der Waals surface area contributed by atoms with Crippen LogP contribution < -0.4 is 16.4 Å². The Morgan fingerprint density at radius 2 is 1.79 bits per heavy atom. The predicted octanol–water partition coefficient (Wildman–Crippen LogP) is 1.17. The molecule has 0 aromatic carbocycles. The first-order valence-corrected chi connectivity index (χ1v) is 7.25. The number of nitrogens with two attached hydrogens (primary N) is 1. The second-order valence-corrected chi connectivity index (χ2v) is 5.21. The van der Waals surface area contributed by atoms with Crippen molar-refractivity contribution in [2.24, 2.45) is 11.7 Å². The van der Waals surface area contributed by atoms with Gasteiger partial charge < -0.3 is 16.4 Å². The lowest BCUT2D eigenvalue weighted by atomic mass is 9.96. The van der Waals surface area contributed by atoms with Crippen LogP contribution in [0.4, 0.5) is 0 Å². The van der Waals surface area contributed by atoms with Crippen molar-refractivity contribution in [3.63, 3.8) is 0 Å². The smallest absolute Gasteiger partial charge is 0.221 e. The number of amides is 2. The van der Waals surface area contributed by atoms with Gasteiger partial charge in [-0.25, -0.2) is 0 Å². The first kappa shape index (κ1) is 17.9. The standard InChI is InChI=1S/C14H29N3O2/c1-4-12(7-9-15)5-6-13(18)16-10-8-14(19)17-11(2)3/h11-12H,4-10,15H2,1-3H3,(H,16,18)(H,17,19). The summed E-state index contributed by atoms with van der Waals surface area (Å²) >= 11 is 0. The largest absolute Gasteiger partial charge is 0.356 e. The van der Waals surface area contributed by atoms with Gasteiger partial charge in [-0.05, 0) is 39.2 Å². The zero-order valence-electron chi connectivity index (χ0n) is 12.5. The molecule has 0 aliphatic carbocycles. The Morgan fingerprint density at radius 3 is 2.32 bits per heavy atom. The Labute approximate surface area is 116 Å². The molecule has 0 fully saturated rings. The topological polar surface area (TPSA) is 84.2 Å². The van der Waals surface area contributed by atoms with E-state index in [1.807, 2.05) is 13.8 Å². The predicted molar refractivity (Wildman–Crippen MR) is 77.6 cm³/mol. The van der Waals surface area contributed by atoms with Crippen LogP contribution in [0.15, 0.2) is 0 Å². The molecule has 0 saturated carbocycles. The van der Waals surface area contributed by atoms with Crippen molar-refractivity contribution in [2.45, 2.75) is 58.9 Å². The van der Waals surface area contributed by atoms with Gasteiger partial charge in [0.15, 0.2) is 0 Å². The number of rotatable bonds is 10. The maximum atomic E-state index is 11.6. The quantitative estimate of drug-likeness (QED) is 0.557. The maximum Gasteiger partial charge on any atom is 0.221 e. The zero-order chi connectivity index (χ0) is 14.7. The van der Waals surface area contributed by atoms with Crippen LogP contribution in [0.1, 0.15) is 52.9 Å². The van der Waals surface area contributed by atoms with Crippen molar-refractivity contribution < 1.29 is 9.59 Å². The molecule has 112 valence electrons. The normalized spacial score (nSPS) is 12.3. The number of nitrogens with one attached hydrogen (secondary N) is 2. The lowest BCUT2D eigenvalue weighted by Crippen LogP contribution is -2.34. The Balaban J connectivity index is 3.67. The summed E-state index contributed by atoms with van der Waals surface area (Å²) in [6, 6.07) is 0.143. The van der Waals surface area contributed by atoms with Gasteiger partial charge in [-0.15, -0.1) is 0 Å². The van der Waals surface area contributed by atoms with Gasteiger partial charge in [-0.3, -0.25) is 9.59 Å². The molecule has 0 radical (unpaired) electrons. The van der Waals surface area contributed by atoms with Crippen molar-refractivity contribution in [3.8, 4) is 0 Å². The summed E-state index contributed by atoms with van der Waals surface area (Å²) in [6.07, 6.45) is 3.76. The molecule has 0 heterocycles. The van der Waals surface area contributed by atoms with Crippen LogP contribution in [0, 0.1) is 5.92 Å². The van der Waals surface area contributed by atoms with Crippen molar-refractivity contribution in [2.75, 3.05) is 13.1 Å². The molecule has 1 unspecified atom stereocenters. The molecule has 0 rings (SSSR count). The summed E-state index contributed by atoms with van der Waals surface area (Å²) in [7, 11) is 0. The number of carbonyl (C=O) groups is 2. The molecule has 0 aliphatic heterocycles. The van der Waals surface area contributed by atoms with Gasteiger partial charge in [0, 0.05) is 25.4 Å². The summed E-state index contributed by atoms with van der Waals surface area (Å²) in [5.74, 6) is 0.526. The Bertz CT molecular complexity index is 267. The van der Waals surface area contributed by atoms with E-state index in [1.54, 1.807) is 0 Å². The van der Waals surface area contributed by atoms with Gasteiger partial charge >= 0.3 is 0 Å². The van der Waals surface area contributed by atoms with E-state index in [4.69, 9.17) is 5.73 Å². The van der Waals surface area contributed by atoms with Crippen LogP contribution in [-0.4, -0.2) is 30.9 Å². The molecule has 5 heteroatoms. The monoisotopic (exact) mass is 271 g/mol. The lowest BCUT2D eigenvalue weighted by molar-refractivity contribution is -0.122. The molecular weight excluding hydrogens is 242 g/mol. The van der Waals surface area contributed by atoms with Crippen LogP contribution in [0.25, 0.3) is 0 Å². The fourth-order valence-corrected chi connectivity index (χ4v) is 1.92. The molecule has 0 aromatic heterocycles. The highest BCUT2D eigenvalue weighted by Crippen LogP contribution is 2.14. The average Bonchev–Trinajstić information content (AvgIpc) is 2.33. The minimum atomic E-state index is -0.0233. The van der Waals surface area contributed by atoms with E-state index in [9.17, 15) is 9.59 Å². The third kappa shape index (κ3) is 10.5. The Hall–Kier alpha value is -1.10. The maximum absolute atomic E-state index is 11.6. The summed E-state index contributed by atoms with van der Waals surface area (Å²) in [6.45, 7) is 7.03. The van der Waals surface area contributed by atoms with E-state index in [-0.39, 0.29) is 17.9 Å². The highest BCUT2D eigenvalue weighted by molar-refractivity contribution is 5.79. The molecule has 2 amide bonds. The first-order chi connectivity index (χ1) is 8.99. The van der Waals surface area contributed by atoms with Gasteiger partial charge in [0.1, 0.15) is 0 Å². The van der Waals surface area contributed by atoms with E-state index < -0.39 is 0 Å². The highest BCUT2D eigenvalue weighted by atomic mass is 16.2. The third-order valence-corrected chi connectivity index (χ3v) is 3.06. The van der Waals surface area contributed by atoms with E-state index in [0.717, 1.165) is 19.3 Å². The minimum absolute atomic E-state index is 0.0211. The summed E-state index contributed by atoms with van der Waals surface area (Å²) < 4.78 is 0. The Morgan fingerprint density at radius 1 is 1.11 bits per heavy atom. The van der Waals surface area contributed by atoms with Crippen LogP contribution in [0.3, 0.4) is 0 Å². The van der Waals surface area contributed by atoms with Gasteiger partial charge in [0.05, 0.1) is 0 Å². The SMILES string of the molecule is CCC(CCN)CCC(=O)NCCC(=O)NC(C)C. The zero-order valence-corrected chi connectivity index (χ0v) is 12.5. The molecule has 4 N–H and O–H groups in total. The van der Waals surface area contributed by atoms with E-state index in [1.165, 1.54) is 0 Å². The average molecular weight is 271 g/mol. The summed E-state index contributed by atoms with van der Waals surface area (Å²) in [5.41, 5.74) is 5.52. The van der Waals surface area contributed by atoms with Crippen molar-refractivity contribution in [1.29, 1.82) is 0 Å². The molecule has 0 aromatic rings. The molecule has 1 atom stereocenters. The van der Waals surface area contributed by atoms with Crippen molar-refractivity contribution in [1.82, 2.24) is 10.6 Å². The number of hydrogen-bond acceptors (Lipinski definition) is 3. The van der Waals surface area contributed by atoms with E-state index in [2.05, 4.69) is 17.6 Å². The summed E-state index contributed by atoms with van der Waals surface area (Å²) in [5, 5.41) is 5.57. The van der Waals surface area contributed by atoms with Gasteiger partial charge in [-0.1, -0.05) is 13.3 Å². The first-order valence-electron chi connectivity index (χ1n) is 7.25. The lowest BCUT2D eigenvalue weighted by Gasteiger charge is -2.13. The highest BCUT2D eigenvalue weighted by Gasteiger charge is 2.09. The van der Waals surface area contributed by atoms with E-state index in [0.29, 0.717) is 31.8 Å². The van der Waals surface area contributed by atoms with Crippen molar-refractivity contribution >= 4 is 11.8 Å². The molecule has 0 saturated heterocycles.